The lowest BCUT2D eigenvalue weighted by Gasteiger charge is -2.09. The summed E-state index contributed by atoms with van der Waals surface area (Å²) in [6, 6.07) is 13.5. The highest BCUT2D eigenvalue weighted by molar-refractivity contribution is 9.10. The monoisotopic (exact) mass is 329 g/mol. The van der Waals surface area contributed by atoms with E-state index >= 15 is 0 Å². The summed E-state index contributed by atoms with van der Waals surface area (Å²) in [5.74, 6) is 0.108. The summed E-state index contributed by atoms with van der Waals surface area (Å²) in [7, 11) is 0. The second-order valence-corrected chi connectivity index (χ2v) is 5.38. The predicted molar refractivity (Wildman–Crippen MR) is 83.0 cm³/mol. The first-order valence-corrected chi connectivity index (χ1v) is 6.99. The summed E-state index contributed by atoms with van der Waals surface area (Å²) >= 11 is 3.52. The largest absolute Gasteiger partial charge is 0.459 e. The van der Waals surface area contributed by atoms with Gasteiger partial charge in [-0.05, 0) is 30.5 Å². The third kappa shape index (κ3) is 2.23. The Labute approximate surface area is 124 Å². The maximum atomic E-state index is 12.2. The number of carbonyl (C=O) groups is 1. The van der Waals surface area contributed by atoms with Crippen LogP contribution in [0.15, 0.2) is 57.6 Å². The average molecular weight is 330 g/mol. The van der Waals surface area contributed by atoms with Crippen molar-refractivity contribution >= 4 is 38.3 Å². The molecular formula is C16H12BrNO2. The molecule has 0 bridgehead atoms. The van der Waals surface area contributed by atoms with E-state index in [2.05, 4.69) is 21.2 Å². The molecule has 3 aromatic rings. The van der Waals surface area contributed by atoms with Crippen LogP contribution in [0.2, 0.25) is 0 Å². The van der Waals surface area contributed by atoms with E-state index < -0.39 is 0 Å². The summed E-state index contributed by atoms with van der Waals surface area (Å²) in [6.45, 7) is 1.85. The number of furan rings is 1. The molecule has 2 aromatic carbocycles. The molecule has 1 N–H and O–H groups in total. The third-order valence-corrected chi connectivity index (χ3v) is 3.88. The van der Waals surface area contributed by atoms with Gasteiger partial charge < -0.3 is 9.73 Å². The van der Waals surface area contributed by atoms with Gasteiger partial charge in [-0.2, -0.15) is 0 Å². The third-order valence-electron chi connectivity index (χ3n) is 3.19. The van der Waals surface area contributed by atoms with Crippen LogP contribution in [0.3, 0.4) is 0 Å². The van der Waals surface area contributed by atoms with Crippen molar-refractivity contribution in [2.75, 3.05) is 5.32 Å². The fourth-order valence-electron chi connectivity index (χ4n) is 2.16. The summed E-state index contributed by atoms with van der Waals surface area (Å²) in [4.78, 5) is 12.2. The van der Waals surface area contributed by atoms with Gasteiger partial charge in [0, 0.05) is 21.1 Å². The second kappa shape index (κ2) is 5.13. The Balaban J connectivity index is 2.02. The van der Waals surface area contributed by atoms with E-state index in [4.69, 9.17) is 4.42 Å². The van der Waals surface area contributed by atoms with Crippen molar-refractivity contribution in [3.05, 3.63) is 64.5 Å². The van der Waals surface area contributed by atoms with Crippen molar-refractivity contribution in [1.82, 2.24) is 0 Å². The van der Waals surface area contributed by atoms with E-state index in [1.54, 1.807) is 6.07 Å². The van der Waals surface area contributed by atoms with Crippen LogP contribution in [0.5, 0.6) is 0 Å². The van der Waals surface area contributed by atoms with Gasteiger partial charge in [-0.15, -0.1) is 0 Å². The maximum Gasteiger partial charge on any atom is 0.291 e. The molecule has 4 heteroatoms. The lowest BCUT2D eigenvalue weighted by atomic mass is 10.1. The molecule has 20 heavy (non-hydrogen) atoms. The molecule has 100 valence electrons. The van der Waals surface area contributed by atoms with Gasteiger partial charge in [0.2, 0.25) is 0 Å². The topological polar surface area (TPSA) is 42.2 Å². The minimum Gasteiger partial charge on any atom is -0.459 e. The number of halogens is 1. The fourth-order valence-corrected chi connectivity index (χ4v) is 2.63. The van der Waals surface area contributed by atoms with E-state index in [9.17, 15) is 4.79 Å². The Morgan fingerprint density at radius 3 is 2.55 bits per heavy atom. The highest BCUT2D eigenvalue weighted by atomic mass is 79.9. The van der Waals surface area contributed by atoms with E-state index in [1.165, 1.54) is 6.26 Å². The summed E-state index contributed by atoms with van der Waals surface area (Å²) < 4.78 is 6.21. The first-order chi connectivity index (χ1) is 9.66. The molecule has 0 spiro atoms. The maximum absolute atomic E-state index is 12.2. The highest BCUT2D eigenvalue weighted by Crippen LogP contribution is 2.30. The molecule has 0 aliphatic heterocycles. The molecule has 3 rings (SSSR count). The van der Waals surface area contributed by atoms with E-state index in [-0.39, 0.29) is 5.91 Å². The van der Waals surface area contributed by atoms with Crippen molar-refractivity contribution in [2.24, 2.45) is 0 Å². The van der Waals surface area contributed by atoms with Gasteiger partial charge in [0.15, 0.2) is 5.76 Å². The van der Waals surface area contributed by atoms with Gasteiger partial charge in [-0.3, -0.25) is 4.79 Å². The van der Waals surface area contributed by atoms with Crippen LogP contribution in [0, 0.1) is 6.92 Å². The van der Waals surface area contributed by atoms with Crippen LogP contribution in [0.4, 0.5) is 5.69 Å². The molecule has 0 aliphatic rings. The van der Waals surface area contributed by atoms with Gasteiger partial charge in [0.1, 0.15) is 0 Å². The average Bonchev–Trinajstić information content (AvgIpc) is 2.88. The Morgan fingerprint density at radius 1 is 1.10 bits per heavy atom. The van der Waals surface area contributed by atoms with Gasteiger partial charge in [-0.1, -0.05) is 40.2 Å². The number of hydrogen-bond acceptors (Lipinski definition) is 2. The number of amides is 1. The lowest BCUT2D eigenvalue weighted by molar-refractivity contribution is 0.0996. The molecule has 0 fully saturated rings. The summed E-state index contributed by atoms with van der Waals surface area (Å²) in [5, 5.41) is 4.94. The predicted octanol–water partition coefficient (Wildman–Crippen LogP) is 4.76. The minimum atomic E-state index is -0.236. The number of aryl methyl sites for hydroxylation is 1. The zero-order valence-corrected chi connectivity index (χ0v) is 12.4. The van der Waals surface area contributed by atoms with Crippen LogP contribution in [-0.4, -0.2) is 5.91 Å². The zero-order chi connectivity index (χ0) is 14.1. The van der Waals surface area contributed by atoms with E-state index in [0.29, 0.717) is 5.76 Å². The van der Waals surface area contributed by atoms with Crippen LogP contribution in [0.1, 0.15) is 16.1 Å². The smallest absolute Gasteiger partial charge is 0.291 e. The Bertz CT molecular complexity index is 792. The van der Waals surface area contributed by atoms with Crippen molar-refractivity contribution in [3.8, 4) is 0 Å². The molecule has 0 radical (unpaired) electrons. The van der Waals surface area contributed by atoms with Crippen LogP contribution >= 0.6 is 15.9 Å². The lowest BCUT2D eigenvalue weighted by Crippen LogP contribution is -2.12. The zero-order valence-electron chi connectivity index (χ0n) is 10.8. The number of benzene rings is 2. The van der Waals surface area contributed by atoms with Gasteiger partial charge in [0.05, 0.1) is 6.26 Å². The second-order valence-electron chi connectivity index (χ2n) is 4.53. The van der Waals surface area contributed by atoms with Gasteiger partial charge in [-0.25, -0.2) is 0 Å². The van der Waals surface area contributed by atoms with Crippen molar-refractivity contribution < 1.29 is 9.21 Å². The molecule has 0 atom stereocenters. The molecule has 0 aliphatic carbocycles. The standard InChI is InChI=1S/C16H12BrNO2/c1-10-8-9-20-15(10)16(19)18-14-7-6-13(17)11-4-2-3-5-12(11)14/h2-9H,1H3,(H,18,19). The number of nitrogens with one attached hydrogen (secondary N) is 1. The van der Waals surface area contributed by atoms with E-state index in [0.717, 1.165) is 26.5 Å². The first-order valence-electron chi connectivity index (χ1n) is 6.19. The summed E-state index contributed by atoms with van der Waals surface area (Å²) in [5.41, 5.74) is 1.59. The quantitative estimate of drug-likeness (QED) is 0.736. The fraction of sp³-hybridized carbons (Fsp3) is 0.0625. The number of fused-ring (bicyclic) bond motifs is 1. The molecule has 1 heterocycles. The van der Waals surface area contributed by atoms with Crippen LogP contribution in [-0.2, 0) is 0 Å². The molecule has 1 amide bonds. The SMILES string of the molecule is Cc1ccoc1C(=O)Nc1ccc(Br)c2ccccc12. The Morgan fingerprint density at radius 2 is 1.85 bits per heavy atom. The van der Waals surface area contributed by atoms with Crippen molar-refractivity contribution in [1.29, 1.82) is 0 Å². The molecule has 1 aromatic heterocycles. The summed E-state index contributed by atoms with van der Waals surface area (Å²) in [6.07, 6.45) is 1.52. The number of hydrogen-bond donors (Lipinski definition) is 1. The normalized spacial score (nSPS) is 10.7. The van der Waals surface area contributed by atoms with Crippen molar-refractivity contribution in [2.45, 2.75) is 6.92 Å². The van der Waals surface area contributed by atoms with Crippen LogP contribution in [0.25, 0.3) is 10.8 Å². The Kier molecular flexibility index (Phi) is 3.32. The molecule has 0 saturated heterocycles. The first kappa shape index (κ1) is 12.9. The number of anilines is 1. The van der Waals surface area contributed by atoms with E-state index in [1.807, 2.05) is 43.3 Å². The number of rotatable bonds is 2. The highest BCUT2D eigenvalue weighted by Gasteiger charge is 2.14. The molecular weight excluding hydrogens is 318 g/mol. The molecule has 0 unspecified atom stereocenters. The minimum absolute atomic E-state index is 0.236. The van der Waals surface area contributed by atoms with Crippen LogP contribution < -0.4 is 5.32 Å². The molecule has 0 saturated carbocycles. The Hall–Kier alpha value is -2.07. The van der Waals surface area contributed by atoms with Crippen molar-refractivity contribution in [3.63, 3.8) is 0 Å². The van der Waals surface area contributed by atoms with Gasteiger partial charge in [0.25, 0.3) is 5.91 Å². The number of carbonyl (C=O) groups excluding carboxylic acids is 1. The van der Waals surface area contributed by atoms with Gasteiger partial charge >= 0.3 is 0 Å². The molecule has 3 nitrogen and oxygen atoms in total.